The SMILES string of the molecule is COC(=O)C1=C(C)NC(C)(CCC(C)(C)N2CCN(C(=O)c3ccccc3)CC2)C(C(=O)O)C1c1cccc([N+](=O)[O-])c1.Cl. The molecule has 238 valence electrons. The second-order valence-corrected chi connectivity index (χ2v) is 12.2. The molecular weight excluding hydrogens is 588 g/mol. The highest BCUT2D eigenvalue weighted by atomic mass is 35.5. The quantitative estimate of drug-likeness (QED) is 0.231. The monoisotopic (exact) mass is 628 g/mol. The Kier molecular flexibility index (Phi) is 10.8. The molecule has 2 aromatic rings. The number of hydrogen-bond donors (Lipinski definition) is 2. The number of non-ortho nitro benzene ring substituents is 1. The highest BCUT2D eigenvalue weighted by Gasteiger charge is 2.52. The standard InChI is InChI=1S/C32H40N4O7.ClH/c1-21-25(30(40)43-5)26(23-12-9-13-24(20-23)36(41)42)27(29(38)39)32(4,33-21)15-14-31(2,3)35-18-16-34(17-19-35)28(37)22-10-7-6-8-11-22;/h6-13,20,26-27,33H,14-19H2,1-5H3,(H,38,39);1H. The van der Waals surface area contributed by atoms with Crippen LogP contribution >= 0.6 is 12.4 Å². The molecule has 0 saturated carbocycles. The summed E-state index contributed by atoms with van der Waals surface area (Å²) in [4.78, 5) is 54.1. The number of carboxylic acids is 1. The summed E-state index contributed by atoms with van der Waals surface area (Å²) in [6.45, 7) is 10.3. The molecule has 1 fully saturated rings. The molecule has 0 spiro atoms. The Balaban J connectivity index is 0.00000529. The molecule has 4 rings (SSSR count). The molecule has 0 radical (unpaired) electrons. The first-order valence-electron chi connectivity index (χ1n) is 14.4. The minimum atomic E-state index is -1.12. The lowest BCUT2D eigenvalue weighted by Gasteiger charge is -2.49. The van der Waals surface area contributed by atoms with Gasteiger partial charge in [0.25, 0.3) is 11.6 Å². The van der Waals surface area contributed by atoms with Crippen LogP contribution in [0.5, 0.6) is 0 Å². The minimum Gasteiger partial charge on any atom is -0.481 e. The number of carboxylic acid groups (broad SMARTS) is 1. The largest absolute Gasteiger partial charge is 0.481 e. The molecule has 2 aliphatic rings. The number of piperazine rings is 1. The molecule has 0 aromatic heterocycles. The number of amides is 1. The summed E-state index contributed by atoms with van der Waals surface area (Å²) in [7, 11) is 1.23. The van der Waals surface area contributed by atoms with Gasteiger partial charge in [-0.3, -0.25) is 24.6 Å². The van der Waals surface area contributed by atoms with Crippen molar-refractivity contribution in [2.24, 2.45) is 5.92 Å². The Morgan fingerprint density at radius 3 is 2.30 bits per heavy atom. The fourth-order valence-electron chi connectivity index (χ4n) is 6.56. The number of halogens is 1. The number of carbonyl (C=O) groups is 3. The van der Waals surface area contributed by atoms with E-state index < -0.39 is 34.2 Å². The third-order valence-corrected chi connectivity index (χ3v) is 9.02. The zero-order valence-electron chi connectivity index (χ0n) is 25.7. The van der Waals surface area contributed by atoms with Gasteiger partial charge in [0.15, 0.2) is 0 Å². The zero-order valence-corrected chi connectivity index (χ0v) is 26.6. The van der Waals surface area contributed by atoms with Crippen LogP contribution < -0.4 is 5.32 Å². The lowest BCUT2D eigenvalue weighted by molar-refractivity contribution is -0.384. The van der Waals surface area contributed by atoms with E-state index in [-0.39, 0.29) is 35.1 Å². The molecule has 2 heterocycles. The van der Waals surface area contributed by atoms with E-state index in [4.69, 9.17) is 4.74 Å². The van der Waals surface area contributed by atoms with Gasteiger partial charge in [-0.1, -0.05) is 30.3 Å². The molecule has 2 aliphatic heterocycles. The summed E-state index contributed by atoms with van der Waals surface area (Å²) in [6.07, 6.45) is 1.06. The number of aliphatic carboxylic acids is 1. The van der Waals surface area contributed by atoms with Crippen molar-refractivity contribution < 1.29 is 29.2 Å². The van der Waals surface area contributed by atoms with Crippen molar-refractivity contribution in [3.63, 3.8) is 0 Å². The van der Waals surface area contributed by atoms with Crippen LogP contribution in [0.25, 0.3) is 0 Å². The molecule has 1 amide bonds. The molecular formula is C32H41ClN4O7. The van der Waals surface area contributed by atoms with Crippen molar-refractivity contribution in [1.82, 2.24) is 15.1 Å². The number of nitrogens with zero attached hydrogens (tertiary/aromatic N) is 3. The molecule has 3 atom stereocenters. The minimum absolute atomic E-state index is 0. The van der Waals surface area contributed by atoms with Crippen molar-refractivity contribution in [2.45, 2.75) is 57.5 Å². The lowest BCUT2D eigenvalue weighted by atomic mass is 9.65. The third-order valence-electron chi connectivity index (χ3n) is 9.02. The van der Waals surface area contributed by atoms with E-state index in [2.05, 4.69) is 24.1 Å². The Morgan fingerprint density at radius 1 is 1.09 bits per heavy atom. The average Bonchev–Trinajstić information content (AvgIpc) is 2.99. The van der Waals surface area contributed by atoms with Crippen LogP contribution in [0, 0.1) is 16.0 Å². The number of nitro benzene ring substituents is 1. The normalized spacial score (nSPS) is 22.4. The van der Waals surface area contributed by atoms with E-state index in [1.165, 1.54) is 25.3 Å². The van der Waals surface area contributed by atoms with Crippen molar-refractivity contribution >= 4 is 35.9 Å². The highest BCUT2D eigenvalue weighted by molar-refractivity contribution is 5.94. The predicted molar refractivity (Wildman–Crippen MR) is 168 cm³/mol. The van der Waals surface area contributed by atoms with Crippen molar-refractivity contribution in [1.29, 1.82) is 0 Å². The van der Waals surface area contributed by atoms with Crippen molar-refractivity contribution in [3.8, 4) is 0 Å². The van der Waals surface area contributed by atoms with Gasteiger partial charge in [0.2, 0.25) is 0 Å². The lowest BCUT2D eigenvalue weighted by Crippen LogP contribution is -2.59. The fourth-order valence-corrected chi connectivity index (χ4v) is 6.56. The van der Waals surface area contributed by atoms with E-state index >= 15 is 0 Å². The second kappa shape index (κ2) is 13.8. The molecule has 0 bridgehead atoms. The van der Waals surface area contributed by atoms with E-state index in [0.717, 1.165) is 0 Å². The van der Waals surface area contributed by atoms with Gasteiger partial charge in [0.05, 0.1) is 23.5 Å². The molecule has 44 heavy (non-hydrogen) atoms. The van der Waals surface area contributed by atoms with Gasteiger partial charge in [-0.25, -0.2) is 4.79 Å². The van der Waals surface area contributed by atoms with Crippen LogP contribution in [0.4, 0.5) is 5.69 Å². The Morgan fingerprint density at radius 2 is 1.73 bits per heavy atom. The van der Waals surface area contributed by atoms with Crippen molar-refractivity contribution in [2.75, 3.05) is 33.3 Å². The number of allylic oxidation sites excluding steroid dienone is 1. The summed E-state index contributed by atoms with van der Waals surface area (Å²) < 4.78 is 5.03. The first kappa shape index (κ1) is 34.5. The van der Waals surface area contributed by atoms with Crippen LogP contribution in [0.1, 0.15) is 62.4 Å². The van der Waals surface area contributed by atoms with E-state index in [9.17, 15) is 29.6 Å². The summed E-state index contributed by atoms with van der Waals surface area (Å²) >= 11 is 0. The fraction of sp³-hybridized carbons (Fsp3) is 0.469. The Labute approximate surface area is 263 Å². The molecule has 11 nitrogen and oxygen atoms in total. The van der Waals surface area contributed by atoms with Crippen LogP contribution in [0.2, 0.25) is 0 Å². The maximum absolute atomic E-state index is 13.0. The molecule has 2 aromatic carbocycles. The number of hydrogen-bond acceptors (Lipinski definition) is 8. The zero-order chi connectivity index (χ0) is 31.5. The van der Waals surface area contributed by atoms with Gasteiger partial charge < -0.3 is 20.1 Å². The number of benzene rings is 2. The van der Waals surface area contributed by atoms with Gasteiger partial charge in [-0.15, -0.1) is 12.4 Å². The van der Waals surface area contributed by atoms with Gasteiger partial charge in [0.1, 0.15) is 0 Å². The topological polar surface area (TPSA) is 142 Å². The van der Waals surface area contributed by atoms with Crippen LogP contribution in [0.15, 0.2) is 65.9 Å². The smallest absolute Gasteiger partial charge is 0.336 e. The number of nitro groups is 1. The number of nitrogens with one attached hydrogen (secondary N) is 1. The summed E-state index contributed by atoms with van der Waals surface area (Å²) in [6, 6.07) is 15.0. The number of ether oxygens (including phenoxy) is 1. The van der Waals surface area contributed by atoms with E-state index in [1.54, 1.807) is 13.0 Å². The van der Waals surface area contributed by atoms with Gasteiger partial charge in [-0.2, -0.15) is 0 Å². The first-order valence-corrected chi connectivity index (χ1v) is 14.4. The molecule has 2 N–H and O–H groups in total. The number of carbonyl (C=O) groups excluding carboxylic acids is 2. The van der Waals surface area contributed by atoms with E-state index in [1.807, 2.05) is 42.2 Å². The van der Waals surface area contributed by atoms with Gasteiger partial charge in [-0.05, 0) is 58.2 Å². The number of methoxy groups -OCH3 is 1. The van der Waals surface area contributed by atoms with Crippen molar-refractivity contribution in [3.05, 3.63) is 87.1 Å². The molecule has 1 saturated heterocycles. The number of esters is 1. The van der Waals surface area contributed by atoms with Gasteiger partial charge in [0, 0.05) is 66.6 Å². The van der Waals surface area contributed by atoms with Gasteiger partial charge >= 0.3 is 11.9 Å². The molecule has 3 unspecified atom stereocenters. The number of rotatable bonds is 9. The van der Waals surface area contributed by atoms with Crippen LogP contribution in [0.3, 0.4) is 0 Å². The summed E-state index contributed by atoms with van der Waals surface area (Å²) in [5, 5.41) is 25.5. The van der Waals surface area contributed by atoms with Crippen LogP contribution in [-0.4, -0.2) is 82.0 Å². The Hall–Kier alpha value is -3.96. The molecule has 12 heteroatoms. The maximum atomic E-state index is 13.0. The Bertz CT molecular complexity index is 1420. The first-order chi connectivity index (χ1) is 20.3. The van der Waals surface area contributed by atoms with E-state index in [0.29, 0.717) is 55.8 Å². The van der Waals surface area contributed by atoms with Crippen LogP contribution in [-0.2, 0) is 14.3 Å². The third kappa shape index (κ3) is 7.05. The second-order valence-electron chi connectivity index (χ2n) is 12.2. The average molecular weight is 629 g/mol. The highest BCUT2D eigenvalue weighted by Crippen LogP contribution is 2.47. The molecule has 0 aliphatic carbocycles. The summed E-state index contributed by atoms with van der Waals surface area (Å²) in [5.74, 6) is -3.88. The summed E-state index contributed by atoms with van der Waals surface area (Å²) in [5.41, 5.74) is 0.157. The maximum Gasteiger partial charge on any atom is 0.336 e. The predicted octanol–water partition coefficient (Wildman–Crippen LogP) is 4.63.